The zero-order chi connectivity index (χ0) is 21.4. The highest BCUT2D eigenvalue weighted by molar-refractivity contribution is 6.33. The maximum Gasteiger partial charge on any atom is 0.305 e. The number of aryl methyl sites for hydroxylation is 1. The van der Waals surface area contributed by atoms with Crippen molar-refractivity contribution in [3.63, 3.8) is 0 Å². The number of ether oxygens (including phenoxy) is 1. The average molecular weight is 437 g/mol. The first-order chi connectivity index (χ1) is 14.7. The zero-order valence-electron chi connectivity index (χ0n) is 18.5. The Labute approximate surface area is 185 Å². The Morgan fingerprint density at radius 2 is 1.37 bits per heavy atom. The van der Waals surface area contributed by atoms with E-state index in [1.54, 1.807) is 0 Å². The molecule has 2 aromatic heterocycles. The van der Waals surface area contributed by atoms with E-state index in [9.17, 15) is 4.79 Å². The number of fused-ring (bicyclic) bond motifs is 1. The van der Waals surface area contributed by atoms with Crippen LogP contribution in [0, 0.1) is 0 Å². The summed E-state index contributed by atoms with van der Waals surface area (Å²) in [6.07, 6.45) is 21.6. The molecule has 0 bridgehead atoms. The van der Waals surface area contributed by atoms with Crippen molar-refractivity contribution in [1.82, 2.24) is 19.5 Å². The van der Waals surface area contributed by atoms with Crippen LogP contribution in [0.3, 0.4) is 0 Å². The number of halogens is 1. The number of carbonyl (C=O) groups is 1. The van der Waals surface area contributed by atoms with Crippen molar-refractivity contribution >= 4 is 28.7 Å². The molecule has 6 nitrogen and oxygen atoms in total. The minimum Gasteiger partial charge on any atom is -0.469 e. The molecule has 0 aliphatic carbocycles. The summed E-state index contributed by atoms with van der Waals surface area (Å²) < 4.78 is 6.72. The first kappa shape index (κ1) is 24.6. The second-order valence-corrected chi connectivity index (χ2v) is 8.41. The molecule has 168 valence electrons. The lowest BCUT2D eigenvalue weighted by atomic mass is 10.0. The molecule has 0 unspecified atom stereocenters. The van der Waals surface area contributed by atoms with Crippen molar-refractivity contribution in [2.24, 2.45) is 0 Å². The first-order valence-electron chi connectivity index (χ1n) is 11.6. The smallest absolute Gasteiger partial charge is 0.305 e. The van der Waals surface area contributed by atoms with Crippen molar-refractivity contribution in [2.75, 3.05) is 7.11 Å². The summed E-state index contributed by atoms with van der Waals surface area (Å²) in [4.78, 5) is 23.5. The van der Waals surface area contributed by atoms with Gasteiger partial charge in [-0.2, -0.15) is 0 Å². The second-order valence-electron chi connectivity index (χ2n) is 8.05. The van der Waals surface area contributed by atoms with Crippen LogP contribution >= 0.6 is 11.6 Å². The number of methoxy groups -OCH3 is 1. The number of unbranched alkanes of at least 4 members (excludes halogenated alkanes) is 13. The Morgan fingerprint density at radius 3 is 1.93 bits per heavy atom. The van der Waals surface area contributed by atoms with Gasteiger partial charge in [0.05, 0.1) is 13.4 Å². The van der Waals surface area contributed by atoms with Gasteiger partial charge in [-0.1, -0.05) is 88.7 Å². The number of hydrogen-bond acceptors (Lipinski definition) is 5. The van der Waals surface area contributed by atoms with Crippen molar-refractivity contribution < 1.29 is 9.53 Å². The molecule has 0 radical (unpaired) electrons. The summed E-state index contributed by atoms with van der Waals surface area (Å²) in [6.45, 7) is 0.923. The molecule has 0 fully saturated rings. The Bertz CT molecular complexity index is 735. The fourth-order valence-electron chi connectivity index (χ4n) is 3.82. The molecule has 0 aliphatic rings. The van der Waals surface area contributed by atoms with E-state index in [4.69, 9.17) is 11.6 Å². The molecular weight excluding hydrogens is 400 g/mol. The van der Waals surface area contributed by atoms with Crippen LogP contribution in [-0.4, -0.2) is 32.6 Å². The van der Waals surface area contributed by atoms with Crippen LogP contribution in [0.25, 0.3) is 11.2 Å². The Hall–Kier alpha value is -1.69. The van der Waals surface area contributed by atoms with Crippen LogP contribution in [0.15, 0.2) is 12.7 Å². The molecule has 0 spiro atoms. The molecule has 0 N–H and O–H groups in total. The van der Waals surface area contributed by atoms with Crippen LogP contribution in [0.5, 0.6) is 0 Å². The molecule has 2 heterocycles. The quantitative estimate of drug-likeness (QED) is 0.161. The van der Waals surface area contributed by atoms with Crippen molar-refractivity contribution in [2.45, 2.75) is 103 Å². The summed E-state index contributed by atoms with van der Waals surface area (Å²) in [6, 6.07) is 0. The molecule has 0 saturated carbocycles. The first-order valence-corrected chi connectivity index (χ1v) is 12.0. The molecule has 2 rings (SSSR count). The molecule has 0 aliphatic heterocycles. The molecule has 2 aromatic rings. The number of aromatic nitrogens is 4. The van der Waals surface area contributed by atoms with Gasteiger partial charge in [0.1, 0.15) is 11.8 Å². The van der Waals surface area contributed by atoms with Crippen molar-refractivity contribution in [3.05, 3.63) is 17.8 Å². The van der Waals surface area contributed by atoms with Gasteiger partial charge in [-0.05, 0) is 12.8 Å². The number of nitrogens with zero attached hydrogens (tertiary/aromatic N) is 4. The monoisotopic (exact) mass is 436 g/mol. The van der Waals surface area contributed by atoms with Crippen molar-refractivity contribution in [1.29, 1.82) is 0 Å². The van der Waals surface area contributed by atoms with E-state index in [0.717, 1.165) is 31.3 Å². The zero-order valence-corrected chi connectivity index (χ0v) is 19.2. The fourth-order valence-corrected chi connectivity index (χ4v) is 4.05. The standard InChI is InChI=1S/C23H37ClN4O2/c1-30-20(29)16-14-12-10-8-6-4-2-3-5-7-9-11-13-15-17-28-19-27-23-21(28)22(24)25-18-26-23/h18-19H,2-17H2,1H3. The van der Waals surface area contributed by atoms with Crippen LogP contribution in [0.2, 0.25) is 5.15 Å². The lowest BCUT2D eigenvalue weighted by Gasteiger charge is -2.05. The Kier molecular flexibility index (Phi) is 12.4. The lowest BCUT2D eigenvalue weighted by molar-refractivity contribution is -0.140. The van der Waals surface area contributed by atoms with Gasteiger partial charge in [-0.15, -0.1) is 0 Å². The number of hydrogen-bond donors (Lipinski definition) is 0. The topological polar surface area (TPSA) is 69.9 Å². The van der Waals surface area contributed by atoms with E-state index >= 15 is 0 Å². The summed E-state index contributed by atoms with van der Waals surface area (Å²) in [5, 5.41) is 0.482. The summed E-state index contributed by atoms with van der Waals surface area (Å²) in [5.74, 6) is -0.0816. The molecular formula is C23H37ClN4O2. The largest absolute Gasteiger partial charge is 0.469 e. The van der Waals surface area contributed by atoms with Crippen LogP contribution < -0.4 is 0 Å². The maximum absolute atomic E-state index is 11.0. The van der Waals surface area contributed by atoms with Crippen LogP contribution in [0.4, 0.5) is 0 Å². The predicted molar refractivity (Wildman–Crippen MR) is 122 cm³/mol. The van der Waals surface area contributed by atoms with Crippen molar-refractivity contribution in [3.8, 4) is 0 Å². The molecule has 0 amide bonds. The van der Waals surface area contributed by atoms with Gasteiger partial charge in [-0.3, -0.25) is 4.79 Å². The van der Waals surface area contributed by atoms with Gasteiger partial charge >= 0.3 is 5.97 Å². The summed E-state index contributed by atoms with van der Waals surface area (Å²) in [5.41, 5.74) is 1.52. The van der Waals surface area contributed by atoms with E-state index in [0.29, 0.717) is 17.2 Å². The van der Waals surface area contributed by atoms with E-state index in [1.165, 1.54) is 84.1 Å². The van der Waals surface area contributed by atoms with E-state index < -0.39 is 0 Å². The molecule has 0 aromatic carbocycles. The Morgan fingerprint density at radius 1 is 0.833 bits per heavy atom. The number of imidazole rings is 1. The SMILES string of the molecule is COC(=O)CCCCCCCCCCCCCCCCn1cnc2ncnc(Cl)c21. The van der Waals surface area contributed by atoms with Gasteiger partial charge in [0.15, 0.2) is 10.8 Å². The second kappa shape index (κ2) is 15.2. The van der Waals surface area contributed by atoms with Gasteiger partial charge in [0.25, 0.3) is 0 Å². The summed E-state index contributed by atoms with van der Waals surface area (Å²) >= 11 is 6.16. The third-order valence-electron chi connectivity index (χ3n) is 5.62. The van der Waals surface area contributed by atoms with Gasteiger partial charge < -0.3 is 9.30 Å². The molecule has 7 heteroatoms. The Balaban J connectivity index is 1.35. The highest BCUT2D eigenvalue weighted by Crippen LogP contribution is 2.19. The third-order valence-corrected chi connectivity index (χ3v) is 5.90. The third kappa shape index (κ3) is 9.41. The fraction of sp³-hybridized carbons (Fsp3) is 0.739. The number of rotatable bonds is 17. The normalized spacial score (nSPS) is 11.3. The maximum atomic E-state index is 11.0. The minimum atomic E-state index is -0.0816. The predicted octanol–water partition coefficient (Wildman–Crippen LogP) is 6.50. The van der Waals surface area contributed by atoms with Gasteiger partial charge in [0, 0.05) is 13.0 Å². The number of esters is 1. The molecule has 30 heavy (non-hydrogen) atoms. The van der Waals surface area contributed by atoms with Gasteiger partial charge in [-0.25, -0.2) is 15.0 Å². The lowest BCUT2D eigenvalue weighted by Crippen LogP contribution is -1.99. The molecule has 0 atom stereocenters. The average Bonchev–Trinajstić information content (AvgIpc) is 3.17. The van der Waals surface area contributed by atoms with Crippen LogP contribution in [-0.2, 0) is 16.1 Å². The van der Waals surface area contributed by atoms with Crippen LogP contribution in [0.1, 0.15) is 96.3 Å². The number of carbonyl (C=O) groups excluding carboxylic acids is 1. The van der Waals surface area contributed by atoms with Gasteiger partial charge in [0.2, 0.25) is 0 Å². The molecule has 0 saturated heterocycles. The van der Waals surface area contributed by atoms with E-state index in [-0.39, 0.29) is 5.97 Å². The minimum absolute atomic E-state index is 0.0816. The highest BCUT2D eigenvalue weighted by Gasteiger charge is 2.08. The van der Waals surface area contributed by atoms with E-state index in [2.05, 4.69) is 24.3 Å². The summed E-state index contributed by atoms with van der Waals surface area (Å²) in [7, 11) is 1.46. The van der Waals surface area contributed by atoms with E-state index in [1.807, 2.05) is 6.33 Å². The highest BCUT2D eigenvalue weighted by atomic mass is 35.5.